The number of rotatable bonds is 4. The molecule has 1 amide bonds. The van der Waals surface area contributed by atoms with Crippen molar-refractivity contribution in [2.75, 3.05) is 25.2 Å². The molecule has 2 heterocycles. The molecule has 6 nitrogen and oxygen atoms in total. The Hall–Kier alpha value is -1.41. The third-order valence-electron chi connectivity index (χ3n) is 4.76. The molecule has 1 fully saturated rings. The fourth-order valence-corrected chi connectivity index (χ4v) is 6.15. The number of sulfone groups is 1. The van der Waals surface area contributed by atoms with Crippen LogP contribution in [0, 0.1) is 0 Å². The maximum absolute atomic E-state index is 12.2. The fourth-order valence-electron chi connectivity index (χ4n) is 3.26. The Morgan fingerprint density at radius 3 is 2.79 bits per heavy atom. The van der Waals surface area contributed by atoms with Gasteiger partial charge in [0, 0.05) is 23.3 Å². The fraction of sp³-hybridized carbons (Fsp3) is 0.625. The average molecular weight is 371 g/mol. The first kappa shape index (κ1) is 17.4. The largest absolute Gasteiger partial charge is 0.452 e. The number of nitrogens with zero attached hydrogens (tertiary/aromatic N) is 1. The van der Waals surface area contributed by atoms with Gasteiger partial charge in [-0.2, -0.15) is 0 Å². The number of fused-ring (bicyclic) bond motifs is 1. The highest BCUT2D eigenvalue weighted by molar-refractivity contribution is 7.91. The van der Waals surface area contributed by atoms with Crippen LogP contribution in [0.3, 0.4) is 0 Å². The van der Waals surface area contributed by atoms with Gasteiger partial charge < -0.3 is 9.64 Å². The number of ether oxygens (including phenoxy) is 1. The number of amides is 1. The number of likely N-dealkylation sites (N-methyl/N-ethyl adjacent to an activating group) is 1. The van der Waals surface area contributed by atoms with Crippen molar-refractivity contribution in [1.82, 2.24) is 4.90 Å². The van der Waals surface area contributed by atoms with E-state index in [-0.39, 0.29) is 30.1 Å². The molecule has 0 saturated carbocycles. The van der Waals surface area contributed by atoms with Crippen molar-refractivity contribution in [1.29, 1.82) is 0 Å². The van der Waals surface area contributed by atoms with Crippen LogP contribution in [-0.2, 0) is 32.2 Å². The molecular formula is C16H21NO5S2. The van der Waals surface area contributed by atoms with E-state index >= 15 is 0 Å². The molecule has 0 aromatic carbocycles. The summed E-state index contributed by atoms with van der Waals surface area (Å²) in [6.07, 6.45) is 4.55. The van der Waals surface area contributed by atoms with Gasteiger partial charge >= 0.3 is 5.97 Å². The number of aryl methyl sites for hydroxylation is 1. The predicted molar refractivity (Wildman–Crippen MR) is 91.1 cm³/mol. The van der Waals surface area contributed by atoms with Gasteiger partial charge in [0.2, 0.25) is 0 Å². The van der Waals surface area contributed by atoms with Crippen LogP contribution in [0.1, 0.15) is 40.1 Å². The van der Waals surface area contributed by atoms with Crippen molar-refractivity contribution in [3.05, 3.63) is 21.4 Å². The lowest BCUT2D eigenvalue weighted by atomic mass is 9.96. The smallest absolute Gasteiger partial charge is 0.339 e. The van der Waals surface area contributed by atoms with Gasteiger partial charge in [-0.3, -0.25) is 4.79 Å². The van der Waals surface area contributed by atoms with Gasteiger partial charge in [0.05, 0.1) is 17.1 Å². The first-order valence-corrected chi connectivity index (χ1v) is 10.8. The minimum absolute atomic E-state index is 0.0127. The second-order valence-corrected chi connectivity index (χ2v) is 9.59. The summed E-state index contributed by atoms with van der Waals surface area (Å²) in [4.78, 5) is 27.0. The lowest BCUT2D eigenvalue weighted by molar-refractivity contribution is -0.134. The molecule has 1 aromatic rings. The molecule has 1 aromatic heterocycles. The molecular weight excluding hydrogens is 350 g/mol. The van der Waals surface area contributed by atoms with Gasteiger partial charge in [-0.05, 0) is 37.7 Å². The number of hydrogen-bond acceptors (Lipinski definition) is 6. The van der Waals surface area contributed by atoms with Crippen LogP contribution in [0.5, 0.6) is 0 Å². The molecule has 1 aliphatic heterocycles. The minimum Gasteiger partial charge on any atom is -0.452 e. The Labute approximate surface area is 145 Å². The van der Waals surface area contributed by atoms with Crippen molar-refractivity contribution in [3.8, 4) is 0 Å². The number of hydrogen-bond donors (Lipinski definition) is 0. The monoisotopic (exact) mass is 371 g/mol. The first-order chi connectivity index (χ1) is 11.4. The lowest BCUT2D eigenvalue weighted by Gasteiger charge is -2.23. The van der Waals surface area contributed by atoms with Gasteiger partial charge in [-0.1, -0.05) is 0 Å². The highest BCUT2D eigenvalue weighted by atomic mass is 32.2. The maximum atomic E-state index is 12.2. The number of esters is 1. The van der Waals surface area contributed by atoms with Crippen LogP contribution in [0.4, 0.5) is 0 Å². The van der Waals surface area contributed by atoms with Crippen LogP contribution in [-0.4, -0.2) is 56.4 Å². The summed E-state index contributed by atoms with van der Waals surface area (Å²) >= 11 is 1.58. The van der Waals surface area contributed by atoms with Gasteiger partial charge in [-0.25, -0.2) is 13.2 Å². The topological polar surface area (TPSA) is 80.8 Å². The molecule has 1 aliphatic carbocycles. The van der Waals surface area contributed by atoms with Crippen LogP contribution < -0.4 is 0 Å². The second kappa shape index (κ2) is 6.84. The van der Waals surface area contributed by atoms with E-state index in [1.165, 1.54) is 9.78 Å². The van der Waals surface area contributed by atoms with E-state index < -0.39 is 15.8 Å². The van der Waals surface area contributed by atoms with Gasteiger partial charge in [0.15, 0.2) is 16.4 Å². The predicted octanol–water partition coefficient (Wildman–Crippen LogP) is 1.43. The highest BCUT2D eigenvalue weighted by Crippen LogP contribution is 2.30. The van der Waals surface area contributed by atoms with E-state index in [0.29, 0.717) is 12.0 Å². The molecule has 0 bridgehead atoms. The van der Waals surface area contributed by atoms with E-state index in [9.17, 15) is 18.0 Å². The van der Waals surface area contributed by atoms with Crippen LogP contribution in [0.25, 0.3) is 0 Å². The van der Waals surface area contributed by atoms with Crippen LogP contribution >= 0.6 is 11.3 Å². The van der Waals surface area contributed by atoms with Crippen LogP contribution in [0.15, 0.2) is 5.38 Å². The Bertz CT molecular complexity index is 753. The second-order valence-electron chi connectivity index (χ2n) is 6.40. The first-order valence-electron chi connectivity index (χ1n) is 8.10. The van der Waals surface area contributed by atoms with E-state index in [0.717, 1.165) is 31.2 Å². The summed E-state index contributed by atoms with van der Waals surface area (Å²) in [7, 11) is -1.49. The number of carbonyl (C=O) groups is 2. The molecule has 24 heavy (non-hydrogen) atoms. The maximum Gasteiger partial charge on any atom is 0.339 e. The standard InChI is InChI=1S/C16H21NO5S2/c1-17(11-6-7-24(20,21)10-11)15(18)8-22-16(19)13-9-23-14-5-3-2-4-12(13)14/h9,11H,2-8,10H2,1H3/t11-/m1/s1. The Balaban J connectivity index is 1.56. The van der Waals surface area contributed by atoms with Gasteiger partial charge in [-0.15, -0.1) is 11.3 Å². The molecule has 1 saturated heterocycles. The number of carbonyl (C=O) groups excluding carboxylic acids is 2. The zero-order chi connectivity index (χ0) is 17.3. The van der Waals surface area contributed by atoms with E-state index in [2.05, 4.69) is 0 Å². The summed E-state index contributed by atoms with van der Waals surface area (Å²) in [6.45, 7) is -0.351. The molecule has 0 spiro atoms. The molecule has 132 valence electrons. The van der Waals surface area contributed by atoms with Gasteiger partial charge in [0.25, 0.3) is 5.91 Å². The molecule has 3 rings (SSSR count). The molecule has 2 aliphatic rings. The van der Waals surface area contributed by atoms with Crippen molar-refractivity contribution in [3.63, 3.8) is 0 Å². The third kappa shape index (κ3) is 3.64. The number of thiophene rings is 1. The summed E-state index contributed by atoms with van der Waals surface area (Å²) < 4.78 is 28.2. The molecule has 8 heteroatoms. The normalized spacial score (nSPS) is 22.0. The Morgan fingerprint density at radius 2 is 2.08 bits per heavy atom. The zero-order valence-corrected chi connectivity index (χ0v) is 15.2. The van der Waals surface area contributed by atoms with Crippen LogP contribution in [0.2, 0.25) is 0 Å². The molecule has 0 unspecified atom stereocenters. The summed E-state index contributed by atoms with van der Waals surface area (Å²) in [5.74, 6) is -0.734. The van der Waals surface area contributed by atoms with E-state index in [4.69, 9.17) is 4.74 Å². The lowest BCUT2D eigenvalue weighted by Crippen LogP contribution is -2.40. The molecule has 0 N–H and O–H groups in total. The summed E-state index contributed by atoms with van der Waals surface area (Å²) in [5, 5.41) is 1.82. The van der Waals surface area contributed by atoms with Crippen molar-refractivity contribution >= 4 is 33.1 Å². The van der Waals surface area contributed by atoms with E-state index in [1.807, 2.05) is 5.38 Å². The zero-order valence-electron chi connectivity index (χ0n) is 13.6. The quantitative estimate of drug-likeness (QED) is 0.748. The molecule has 0 radical (unpaired) electrons. The summed E-state index contributed by atoms with van der Waals surface area (Å²) in [5.41, 5.74) is 1.65. The minimum atomic E-state index is -3.05. The Kier molecular flexibility index (Phi) is 4.96. The average Bonchev–Trinajstić information content (AvgIpc) is 3.14. The highest BCUT2D eigenvalue weighted by Gasteiger charge is 2.33. The molecule has 1 atom stereocenters. The third-order valence-corrected chi connectivity index (χ3v) is 7.60. The van der Waals surface area contributed by atoms with Crippen molar-refractivity contribution in [2.45, 2.75) is 38.1 Å². The van der Waals surface area contributed by atoms with Crippen molar-refractivity contribution < 1.29 is 22.7 Å². The Morgan fingerprint density at radius 1 is 1.33 bits per heavy atom. The SMILES string of the molecule is CN(C(=O)COC(=O)c1csc2c1CCCC2)[C@@H]1CCS(=O)(=O)C1. The summed E-state index contributed by atoms with van der Waals surface area (Å²) in [6, 6.07) is -0.324. The van der Waals surface area contributed by atoms with Gasteiger partial charge in [0.1, 0.15) is 0 Å². The van der Waals surface area contributed by atoms with Crippen molar-refractivity contribution in [2.24, 2.45) is 0 Å². The van der Waals surface area contributed by atoms with E-state index in [1.54, 1.807) is 18.4 Å².